The van der Waals surface area contributed by atoms with Gasteiger partial charge < -0.3 is 15.7 Å². The Morgan fingerprint density at radius 3 is 2.74 bits per heavy atom. The molecule has 0 bridgehead atoms. The van der Waals surface area contributed by atoms with Crippen LogP contribution in [0.3, 0.4) is 0 Å². The lowest BCUT2D eigenvalue weighted by atomic mass is 10.1. The summed E-state index contributed by atoms with van der Waals surface area (Å²) in [6, 6.07) is 13.3. The molecule has 7 heteroatoms. The summed E-state index contributed by atoms with van der Waals surface area (Å²) in [4.78, 5) is 22.1. The van der Waals surface area contributed by atoms with E-state index in [2.05, 4.69) is 26.7 Å². The highest BCUT2D eigenvalue weighted by Crippen LogP contribution is 2.19. The molecule has 140 valence electrons. The molecule has 1 amide bonds. The van der Waals surface area contributed by atoms with Crippen LogP contribution < -0.4 is 10.6 Å². The molecule has 27 heavy (non-hydrogen) atoms. The Bertz CT molecular complexity index is 866. The maximum absolute atomic E-state index is 12.4. The smallest absolute Gasteiger partial charge is 0.251 e. The highest BCUT2D eigenvalue weighted by atomic mass is 32.1. The molecule has 3 rings (SSSR count). The van der Waals surface area contributed by atoms with Gasteiger partial charge in [-0.1, -0.05) is 18.2 Å². The first-order valence-electron chi connectivity index (χ1n) is 8.76. The summed E-state index contributed by atoms with van der Waals surface area (Å²) in [6.07, 6.45) is 2.30. The van der Waals surface area contributed by atoms with Gasteiger partial charge in [0.2, 0.25) is 0 Å². The number of anilines is 1. The summed E-state index contributed by atoms with van der Waals surface area (Å²) in [5, 5.41) is 17.0. The van der Waals surface area contributed by atoms with E-state index in [1.165, 1.54) is 11.2 Å². The van der Waals surface area contributed by atoms with Crippen molar-refractivity contribution in [3.05, 3.63) is 64.6 Å². The number of hydrogen-bond donors (Lipinski definition) is 3. The minimum Gasteiger partial charge on any atom is -0.395 e. The monoisotopic (exact) mass is 382 g/mol. The van der Waals surface area contributed by atoms with Crippen LogP contribution in [0.1, 0.15) is 22.2 Å². The largest absolute Gasteiger partial charge is 0.395 e. The third kappa shape index (κ3) is 5.35. The average Bonchev–Trinajstić information content (AvgIpc) is 3.19. The van der Waals surface area contributed by atoms with Gasteiger partial charge in [0.05, 0.1) is 12.3 Å². The van der Waals surface area contributed by atoms with Crippen molar-refractivity contribution in [1.82, 2.24) is 15.3 Å². The lowest BCUT2D eigenvalue weighted by Crippen LogP contribution is -2.33. The molecule has 6 nitrogen and oxygen atoms in total. The number of benzene rings is 1. The van der Waals surface area contributed by atoms with Crippen LogP contribution in [0.25, 0.3) is 11.3 Å². The van der Waals surface area contributed by atoms with Crippen molar-refractivity contribution in [3.63, 3.8) is 0 Å². The van der Waals surface area contributed by atoms with E-state index in [-0.39, 0.29) is 18.6 Å². The van der Waals surface area contributed by atoms with Crippen LogP contribution >= 0.6 is 11.3 Å². The number of rotatable bonds is 8. The molecule has 0 aliphatic carbocycles. The Balaban J connectivity index is 1.63. The van der Waals surface area contributed by atoms with Crippen LogP contribution in [0.2, 0.25) is 0 Å². The van der Waals surface area contributed by atoms with E-state index in [4.69, 9.17) is 5.11 Å². The minimum absolute atomic E-state index is 0.0358. The zero-order valence-corrected chi connectivity index (χ0v) is 15.9. The molecular weight excluding hydrogens is 360 g/mol. The lowest BCUT2D eigenvalue weighted by Gasteiger charge is -2.13. The number of carbonyl (C=O) groups excluding carboxylic acids is 1. The van der Waals surface area contributed by atoms with Gasteiger partial charge in [-0.2, -0.15) is 0 Å². The fourth-order valence-electron chi connectivity index (χ4n) is 2.68. The number of carbonyl (C=O) groups is 1. The Hall–Kier alpha value is -2.77. The Morgan fingerprint density at radius 1 is 1.22 bits per heavy atom. The summed E-state index contributed by atoms with van der Waals surface area (Å²) >= 11 is 1.70. The summed E-state index contributed by atoms with van der Waals surface area (Å²) < 4.78 is 0. The minimum atomic E-state index is -0.0846. The number of hydrogen-bond acceptors (Lipinski definition) is 6. The fourth-order valence-corrected chi connectivity index (χ4v) is 3.51. The molecule has 3 N–H and O–H groups in total. The van der Waals surface area contributed by atoms with Crippen molar-refractivity contribution in [1.29, 1.82) is 0 Å². The molecule has 3 aromatic rings. The van der Waals surface area contributed by atoms with Crippen molar-refractivity contribution in [2.75, 3.05) is 18.5 Å². The number of aliphatic hydroxyl groups excluding tert-OH is 1. The second-order valence-corrected chi connectivity index (χ2v) is 7.21. The fraction of sp³-hybridized carbons (Fsp3) is 0.250. The van der Waals surface area contributed by atoms with E-state index in [0.29, 0.717) is 17.9 Å². The topological polar surface area (TPSA) is 87.1 Å². The maximum atomic E-state index is 12.4. The molecule has 1 aromatic carbocycles. The van der Waals surface area contributed by atoms with Crippen LogP contribution in [0.5, 0.6) is 0 Å². The third-order valence-electron chi connectivity index (χ3n) is 3.99. The first kappa shape index (κ1) is 19.0. The van der Waals surface area contributed by atoms with E-state index in [0.717, 1.165) is 17.7 Å². The molecule has 0 aliphatic heterocycles. The van der Waals surface area contributed by atoms with Gasteiger partial charge in [-0.25, -0.2) is 9.97 Å². The molecular formula is C20H22N4O2S. The molecule has 0 fully saturated rings. The number of amides is 1. The van der Waals surface area contributed by atoms with Crippen LogP contribution in [0.4, 0.5) is 5.82 Å². The van der Waals surface area contributed by atoms with Crippen molar-refractivity contribution in [2.24, 2.45) is 0 Å². The zero-order valence-electron chi connectivity index (χ0n) is 15.1. The predicted molar refractivity (Wildman–Crippen MR) is 108 cm³/mol. The molecule has 0 unspecified atom stereocenters. The van der Waals surface area contributed by atoms with Gasteiger partial charge in [0.1, 0.15) is 12.1 Å². The Kier molecular flexibility index (Phi) is 6.51. The Labute approximate surface area is 162 Å². The van der Waals surface area contributed by atoms with Crippen LogP contribution in [0.15, 0.2) is 54.2 Å². The third-order valence-corrected chi connectivity index (χ3v) is 4.89. The second-order valence-electron chi connectivity index (χ2n) is 6.17. The van der Waals surface area contributed by atoms with Gasteiger partial charge in [0.25, 0.3) is 5.91 Å². The zero-order chi connectivity index (χ0) is 19.1. The van der Waals surface area contributed by atoms with Crippen LogP contribution in [-0.2, 0) is 6.42 Å². The predicted octanol–water partition coefficient (Wildman–Crippen LogP) is 2.97. The second kappa shape index (κ2) is 9.25. The van der Waals surface area contributed by atoms with Gasteiger partial charge in [-0.15, -0.1) is 11.3 Å². The molecule has 0 aliphatic rings. The molecule has 1 atom stereocenters. The molecule has 0 saturated carbocycles. The van der Waals surface area contributed by atoms with Crippen LogP contribution in [0, 0.1) is 0 Å². The molecule has 2 heterocycles. The maximum Gasteiger partial charge on any atom is 0.251 e. The number of nitrogens with zero attached hydrogens (tertiary/aromatic N) is 2. The summed E-state index contributed by atoms with van der Waals surface area (Å²) in [7, 11) is 0. The van der Waals surface area contributed by atoms with Crippen molar-refractivity contribution >= 4 is 23.1 Å². The van der Waals surface area contributed by atoms with Gasteiger partial charge in [0, 0.05) is 41.1 Å². The Morgan fingerprint density at radius 2 is 2.04 bits per heavy atom. The normalized spacial score (nSPS) is 11.8. The van der Waals surface area contributed by atoms with Crippen molar-refractivity contribution < 1.29 is 9.90 Å². The number of aliphatic hydroxyl groups is 1. The standard InChI is InChI=1S/C20H22N4O2S/c1-14(11-17-3-2-10-27-17)24-20(26)16-6-4-15(5-7-16)18-12-19(21-8-9-25)23-13-22-18/h2-7,10,12-14,25H,8-9,11H2,1H3,(H,24,26)(H,21,22,23)/t14-/m1/s1. The van der Waals surface area contributed by atoms with E-state index in [1.54, 1.807) is 23.5 Å². The molecule has 0 radical (unpaired) electrons. The van der Waals surface area contributed by atoms with E-state index >= 15 is 0 Å². The molecule has 0 spiro atoms. The lowest BCUT2D eigenvalue weighted by molar-refractivity contribution is 0.0940. The van der Waals surface area contributed by atoms with E-state index in [1.807, 2.05) is 36.6 Å². The number of nitrogens with one attached hydrogen (secondary N) is 2. The quantitative estimate of drug-likeness (QED) is 0.558. The van der Waals surface area contributed by atoms with E-state index < -0.39 is 0 Å². The SMILES string of the molecule is C[C@H](Cc1cccs1)NC(=O)c1ccc(-c2cc(NCCO)ncn2)cc1. The molecule has 2 aromatic heterocycles. The van der Waals surface area contributed by atoms with Gasteiger partial charge in [-0.3, -0.25) is 4.79 Å². The molecule has 0 saturated heterocycles. The first-order valence-corrected chi connectivity index (χ1v) is 9.64. The van der Waals surface area contributed by atoms with Crippen molar-refractivity contribution in [2.45, 2.75) is 19.4 Å². The van der Waals surface area contributed by atoms with Gasteiger partial charge in [-0.05, 0) is 30.5 Å². The van der Waals surface area contributed by atoms with Gasteiger partial charge >= 0.3 is 0 Å². The number of thiophene rings is 1. The average molecular weight is 382 g/mol. The summed E-state index contributed by atoms with van der Waals surface area (Å²) in [5.74, 6) is 0.567. The van der Waals surface area contributed by atoms with Crippen molar-refractivity contribution in [3.8, 4) is 11.3 Å². The van der Waals surface area contributed by atoms with E-state index in [9.17, 15) is 4.79 Å². The highest BCUT2D eigenvalue weighted by Gasteiger charge is 2.11. The first-order chi connectivity index (χ1) is 13.2. The van der Waals surface area contributed by atoms with Gasteiger partial charge in [0.15, 0.2) is 0 Å². The highest BCUT2D eigenvalue weighted by molar-refractivity contribution is 7.09. The van der Waals surface area contributed by atoms with Crippen LogP contribution in [-0.4, -0.2) is 40.2 Å². The summed E-state index contributed by atoms with van der Waals surface area (Å²) in [5.41, 5.74) is 2.26. The number of aromatic nitrogens is 2. The summed E-state index contributed by atoms with van der Waals surface area (Å²) in [6.45, 7) is 2.47.